The predicted octanol–water partition coefficient (Wildman–Crippen LogP) is 3.95. The molecule has 0 saturated carbocycles. The molecule has 4 heteroatoms. The second-order valence-electron chi connectivity index (χ2n) is 6.56. The lowest BCUT2D eigenvalue weighted by atomic mass is 9.97. The molecule has 4 nitrogen and oxygen atoms in total. The highest BCUT2D eigenvalue weighted by Crippen LogP contribution is 2.27. The van der Waals surface area contributed by atoms with E-state index in [0.717, 1.165) is 42.2 Å². The number of rotatable bonds is 4. The van der Waals surface area contributed by atoms with Gasteiger partial charge in [-0.2, -0.15) is 0 Å². The van der Waals surface area contributed by atoms with Crippen LogP contribution in [0.25, 0.3) is 11.0 Å². The lowest BCUT2D eigenvalue weighted by Gasteiger charge is -2.31. The molecular formula is C20H23N3O. The third-order valence-electron chi connectivity index (χ3n) is 4.87. The summed E-state index contributed by atoms with van der Waals surface area (Å²) in [7, 11) is 1.71. The van der Waals surface area contributed by atoms with Crippen LogP contribution in [-0.2, 0) is 6.54 Å². The third-order valence-corrected chi connectivity index (χ3v) is 4.87. The van der Waals surface area contributed by atoms with Gasteiger partial charge in [0.05, 0.1) is 18.1 Å². The molecule has 0 aliphatic carbocycles. The van der Waals surface area contributed by atoms with Crippen molar-refractivity contribution in [3.8, 4) is 5.75 Å². The Morgan fingerprint density at radius 2 is 2.00 bits per heavy atom. The van der Waals surface area contributed by atoms with Crippen LogP contribution in [0.2, 0.25) is 0 Å². The number of nitrogens with zero attached hydrogens (tertiary/aromatic N) is 2. The first kappa shape index (κ1) is 15.2. The van der Waals surface area contributed by atoms with Crippen LogP contribution < -0.4 is 4.74 Å². The quantitative estimate of drug-likeness (QED) is 0.791. The Balaban J connectivity index is 1.46. The monoisotopic (exact) mass is 321 g/mol. The van der Waals surface area contributed by atoms with Crippen LogP contribution in [0.5, 0.6) is 5.75 Å². The van der Waals surface area contributed by atoms with E-state index in [9.17, 15) is 0 Å². The maximum absolute atomic E-state index is 5.24. The van der Waals surface area contributed by atoms with Crippen LogP contribution >= 0.6 is 0 Å². The third kappa shape index (κ3) is 3.15. The fraction of sp³-hybridized carbons (Fsp3) is 0.350. The molecule has 2 aromatic carbocycles. The minimum atomic E-state index is 0.490. The van der Waals surface area contributed by atoms with E-state index >= 15 is 0 Å². The van der Waals surface area contributed by atoms with Crippen molar-refractivity contribution in [2.45, 2.75) is 25.3 Å². The SMILES string of the molecule is COc1ccc(CN2CCCC(c3nc4ccccc4[nH]3)C2)cc1. The maximum Gasteiger partial charge on any atom is 0.118 e. The van der Waals surface area contributed by atoms with Crippen molar-refractivity contribution < 1.29 is 4.74 Å². The molecule has 1 atom stereocenters. The van der Waals surface area contributed by atoms with Gasteiger partial charge < -0.3 is 9.72 Å². The molecule has 0 spiro atoms. The van der Waals surface area contributed by atoms with Gasteiger partial charge in [0.2, 0.25) is 0 Å². The van der Waals surface area contributed by atoms with E-state index in [0.29, 0.717) is 5.92 Å². The zero-order valence-corrected chi connectivity index (χ0v) is 14.0. The molecule has 1 unspecified atom stereocenters. The van der Waals surface area contributed by atoms with Gasteiger partial charge in [-0.05, 0) is 49.2 Å². The topological polar surface area (TPSA) is 41.1 Å². The number of aromatic nitrogens is 2. The summed E-state index contributed by atoms with van der Waals surface area (Å²) in [5, 5.41) is 0. The number of para-hydroxylation sites is 2. The molecule has 3 aromatic rings. The summed E-state index contributed by atoms with van der Waals surface area (Å²) in [5.74, 6) is 2.54. The molecule has 0 radical (unpaired) electrons. The van der Waals surface area contributed by atoms with Crippen molar-refractivity contribution in [1.29, 1.82) is 0 Å². The molecule has 24 heavy (non-hydrogen) atoms. The van der Waals surface area contributed by atoms with E-state index in [4.69, 9.17) is 9.72 Å². The lowest BCUT2D eigenvalue weighted by molar-refractivity contribution is 0.197. The first-order chi connectivity index (χ1) is 11.8. The van der Waals surface area contributed by atoms with Crippen molar-refractivity contribution in [3.63, 3.8) is 0 Å². The minimum absolute atomic E-state index is 0.490. The Labute approximate surface area is 142 Å². The van der Waals surface area contributed by atoms with Gasteiger partial charge in [0.25, 0.3) is 0 Å². The van der Waals surface area contributed by atoms with Crippen LogP contribution in [0.3, 0.4) is 0 Å². The number of piperidine rings is 1. The summed E-state index contributed by atoms with van der Waals surface area (Å²) in [6.45, 7) is 3.20. The summed E-state index contributed by atoms with van der Waals surface area (Å²) in [5.41, 5.74) is 3.54. The fourth-order valence-electron chi connectivity index (χ4n) is 3.58. The zero-order chi connectivity index (χ0) is 16.4. The van der Waals surface area contributed by atoms with E-state index < -0.39 is 0 Å². The lowest BCUT2D eigenvalue weighted by Crippen LogP contribution is -2.34. The Bertz CT molecular complexity index is 776. The predicted molar refractivity (Wildman–Crippen MR) is 96.3 cm³/mol. The molecule has 0 bridgehead atoms. The molecule has 1 N–H and O–H groups in total. The summed E-state index contributed by atoms with van der Waals surface area (Å²) >= 11 is 0. The Hall–Kier alpha value is -2.33. The van der Waals surface area contributed by atoms with E-state index in [2.05, 4.69) is 40.2 Å². The van der Waals surface area contributed by atoms with Crippen LogP contribution in [0.1, 0.15) is 30.1 Å². The maximum atomic E-state index is 5.24. The van der Waals surface area contributed by atoms with Crippen LogP contribution in [-0.4, -0.2) is 35.1 Å². The van der Waals surface area contributed by atoms with E-state index in [1.807, 2.05) is 18.2 Å². The van der Waals surface area contributed by atoms with E-state index in [1.54, 1.807) is 7.11 Å². The molecular weight excluding hydrogens is 298 g/mol. The van der Waals surface area contributed by atoms with Crippen LogP contribution in [0.4, 0.5) is 0 Å². The first-order valence-corrected chi connectivity index (χ1v) is 8.62. The molecule has 1 aliphatic rings. The van der Waals surface area contributed by atoms with Crippen LogP contribution in [0, 0.1) is 0 Å². The largest absolute Gasteiger partial charge is 0.497 e. The van der Waals surface area contributed by atoms with Crippen molar-refractivity contribution in [1.82, 2.24) is 14.9 Å². The molecule has 0 amide bonds. The number of ether oxygens (including phenoxy) is 1. The van der Waals surface area contributed by atoms with Crippen molar-refractivity contribution >= 4 is 11.0 Å². The number of H-pyrrole nitrogens is 1. The normalized spacial score (nSPS) is 18.8. The number of benzene rings is 2. The van der Waals surface area contributed by atoms with E-state index in [1.165, 1.54) is 18.4 Å². The molecule has 2 heterocycles. The Kier molecular flexibility index (Phi) is 4.22. The number of hydrogen-bond donors (Lipinski definition) is 1. The van der Waals surface area contributed by atoms with Gasteiger partial charge in [-0.15, -0.1) is 0 Å². The van der Waals surface area contributed by atoms with Crippen molar-refractivity contribution in [2.75, 3.05) is 20.2 Å². The van der Waals surface area contributed by atoms with Gasteiger partial charge in [-0.25, -0.2) is 4.98 Å². The van der Waals surface area contributed by atoms with Gasteiger partial charge >= 0.3 is 0 Å². The van der Waals surface area contributed by atoms with Crippen molar-refractivity contribution in [3.05, 3.63) is 59.9 Å². The molecule has 124 valence electrons. The van der Waals surface area contributed by atoms with Gasteiger partial charge in [0.15, 0.2) is 0 Å². The highest BCUT2D eigenvalue weighted by molar-refractivity contribution is 5.74. The molecule has 1 saturated heterocycles. The number of methoxy groups -OCH3 is 1. The average molecular weight is 321 g/mol. The average Bonchev–Trinajstić information content (AvgIpc) is 3.07. The van der Waals surface area contributed by atoms with Crippen LogP contribution in [0.15, 0.2) is 48.5 Å². The molecule has 1 aromatic heterocycles. The highest BCUT2D eigenvalue weighted by Gasteiger charge is 2.23. The van der Waals surface area contributed by atoms with Gasteiger partial charge in [0.1, 0.15) is 11.6 Å². The number of likely N-dealkylation sites (tertiary alicyclic amines) is 1. The summed E-state index contributed by atoms with van der Waals surface area (Å²) < 4.78 is 5.24. The highest BCUT2D eigenvalue weighted by atomic mass is 16.5. The fourth-order valence-corrected chi connectivity index (χ4v) is 3.58. The zero-order valence-electron chi connectivity index (χ0n) is 14.0. The second-order valence-corrected chi connectivity index (χ2v) is 6.56. The smallest absolute Gasteiger partial charge is 0.118 e. The summed E-state index contributed by atoms with van der Waals surface area (Å²) in [6, 6.07) is 16.7. The van der Waals surface area contributed by atoms with E-state index in [-0.39, 0.29) is 0 Å². The first-order valence-electron chi connectivity index (χ1n) is 8.62. The van der Waals surface area contributed by atoms with Gasteiger partial charge in [-0.1, -0.05) is 24.3 Å². The second kappa shape index (κ2) is 6.65. The summed E-state index contributed by atoms with van der Waals surface area (Å²) in [4.78, 5) is 10.8. The number of hydrogen-bond acceptors (Lipinski definition) is 3. The Morgan fingerprint density at radius 3 is 2.79 bits per heavy atom. The number of aromatic amines is 1. The van der Waals surface area contributed by atoms with Crippen molar-refractivity contribution in [2.24, 2.45) is 0 Å². The molecule has 1 fully saturated rings. The number of imidazole rings is 1. The molecule has 4 rings (SSSR count). The number of fused-ring (bicyclic) bond motifs is 1. The summed E-state index contributed by atoms with van der Waals surface area (Å²) in [6.07, 6.45) is 2.43. The molecule has 1 aliphatic heterocycles. The Morgan fingerprint density at radius 1 is 1.17 bits per heavy atom. The minimum Gasteiger partial charge on any atom is -0.497 e. The number of nitrogens with one attached hydrogen (secondary N) is 1. The standard InChI is InChI=1S/C20H23N3O/c1-24-17-10-8-15(9-11-17)13-23-12-4-5-16(14-23)20-21-18-6-2-3-7-19(18)22-20/h2-3,6-11,16H,4-5,12-14H2,1H3,(H,21,22). The van der Waals surface area contributed by atoms with Gasteiger partial charge in [-0.3, -0.25) is 4.90 Å². The van der Waals surface area contributed by atoms with Gasteiger partial charge in [0, 0.05) is 19.0 Å².